The molecule has 0 heterocycles. The average Bonchev–Trinajstić information content (AvgIpc) is 3.10. The number of carbonyl (C=O) groups is 1. The largest absolute Gasteiger partial charge is 0.351 e. The first kappa shape index (κ1) is 14.2. The Bertz CT molecular complexity index is 460. The maximum atomic E-state index is 12.1. The maximum Gasteiger partial charge on any atom is 0.252 e. The van der Waals surface area contributed by atoms with Crippen molar-refractivity contribution in [2.45, 2.75) is 19.3 Å². The van der Waals surface area contributed by atoms with E-state index >= 15 is 0 Å². The summed E-state index contributed by atoms with van der Waals surface area (Å²) in [6.45, 7) is 0.692. The number of rotatable bonds is 5. The Kier molecular flexibility index (Phi) is 4.57. The number of hydrogen-bond donors (Lipinski definition) is 1. The molecule has 0 spiro atoms. The Morgan fingerprint density at radius 3 is 2.78 bits per heavy atom. The van der Waals surface area contributed by atoms with Crippen molar-refractivity contribution in [3.05, 3.63) is 33.3 Å². The molecule has 0 radical (unpaired) electrons. The van der Waals surface area contributed by atoms with Crippen molar-refractivity contribution in [3.8, 4) is 0 Å². The molecule has 1 aromatic carbocycles. The summed E-state index contributed by atoms with van der Waals surface area (Å²) < 4.78 is 0.756. The molecule has 1 aliphatic rings. The lowest BCUT2D eigenvalue weighted by atomic mass is 10.0. The van der Waals surface area contributed by atoms with Crippen LogP contribution in [0.3, 0.4) is 0 Å². The molecule has 2 rings (SSSR count). The first-order chi connectivity index (χ1) is 8.56. The summed E-state index contributed by atoms with van der Waals surface area (Å²) in [6.07, 6.45) is 3.26. The molecule has 18 heavy (non-hydrogen) atoms. The third-order valence-electron chi connectivity index (χ3n) is 3.38. The maximum absolute atomic E-state index is 12.1. The second-order valence-electron chi connectivity index (χ2n) is 4.75. The van der Waals surface area contributed by atoms with E-state index in [4.69, 9.17) is 23.2 Å². The van der Waals surface area contributed by atoms with E-state index < -0.39 is 0 Å². The number of nitrogens with one attached hydrogen (secondary N) is 1. The van der Waals surface area contributed by atoms with Gasteiger partial charge >= 0.3 is 0 Å². The van der Waals surface area contributed by atoms with Gasteiger partial charge in [0, 0.05) is 21.9 Å². The molecule has 0 aliphatic heterocycles. The van der Waals surface area contributed by atoms with Crippen LogP contribution in [-0.4, -0.2) is 18.3 Å². The molecule has 1 saturated carbocycles. The first-order valence-corrected chi connectivity index (χ1v) is 7.56. The van der Waals surface area contributed by atoms with Crippen LogP contribution in [-0.2, 0) is 0 Å². The Morgan fingerprint density at radius 2 is 2.17 bits per heavy atom. The Morgan fingerprint density at radius 1 is 1.44 bits per heavy atom. The van der Waals surface area contributed by atoms with Gasteiger partial charge in [0.25, 0.3) is 5.91 Å². The predicted octanol–water partition coefficient (Wildman–Crippen LogP) is 4.24. The monoisotopic (exact) mass is 349 g/mol. The Balaban J connectivity index is 1.98. The van der Waals surface area contributed by atoms with Crippen molar-refractivity contribution in [3.63, 3.8) is 0 Å². The summed E-state index contributed by atoms with van der Waals surface area (Å²) in [5, 5.41) is 3.53. The fourth-order valence-electron chi connectivity index (χ4n) is 1.93. The highest BCUT2D eigenvalue weighted by Crippen LogP contribution is 2.48. The zero-order valence-electron chi connectivity index (χ0n) is 9.81. The van der Waals surface area contributed by atoms with Gasteiger partial charge < -0.3 is 5.32 Å². The third kappa shape index (κ3) is 3.40. The quantitative estimate of drug-likeness (QED) is 0.790. The van der Waals surface area contributed by atoms with Crippen molar-refractivity contribution < 1.29 is 4.79 Å². The normalized spacial score (nSPS) is 16.4. The minimum Gasteiger partial charge on any atom is -0.351 e. The minimum absolute atomic E-state index is 0.0924. The van der Waals surface area contributed by atoms with Crippen molar-refractivity contribution in [2.24, 2.45) is 5.41 Å². The number of carbonyl (C=O) groups excluding carboxylic acids is 1. The predicted molar refractivity (Wildman–Crippen MR) is 78.5 cm³/mol. The summed E-state index contributed by atoms with van der Waals surface area (Å²) in [7, 11) is 0. The molecule has 0 bridgehead atoms. The third-order valence-corrected chi connectivity index (χ3v) is 4.49. The molecule has 1 fully saturated rings. The summed E-state index contributed by atoms with van der Waals surface area (Å²) >= 11 is 15.0. The van der Waals surface area contributed by atoms with Crippen LogP contribution in [0.1, 0.15) is 29.6 Å². The van der Waals surface area contributed by atoms with Crippen LogP contribution < -0.4 is 5.32 Å². The zero-order valence-corrected chi connectivity index (χ0v) is 12.9. The second kappa shape index (κ2) is 5.81. The molecule has 1 aromatic rings. The van der Waals surface area contributed by atoms with Gasteiger partial charge in [0.1, 0.15) is 0 Å². The standard InChI is InChI=1S/C13H14BrCl2NO/c14-11-2-1-9(16)7-10(11)12(18)17-8-13(3-4-13)5-6-15/h1-2,7H,3-6,8H2,(H,17,18). The van der Waals surface area contributed by atoms with Crippen LogP contribution in [0.5, 0.6) is 0 Å². The van der Waals surface area contributed by atoms with E-state index in [2.05, 4.69) is 21.2 Å². The topological polar surface area (TPSA) is 29.1 Å². The number of amides is 1. The van der Waals surface area contributed by atoms with Gasteiger partial charge in [-0.25, -0.2) is 0 Å². The molecule has 5 heteroatoms. The van der Waals surface area contributed by atoms with Crippen molar-refractivity contribution >= 4 is 45.0 Å². The molecular weight excluding hydrogens is 337 g/mol. The number of alkyl halides is 1. The van der Waals surface area contributed by atoms with Crippen LogP contribution in [0.25, 0.3) is 0 Å². The van der Waals surface area contributed by atoms with E-state index in [1.54, 1.807) is 18.2 Å². The minimum atomic E-state index is -0.0924. The molecule has 0 unspecified atom stereocenters. The number of benzene rings is 1. The SMILES string of the molecule is O=C(NCC1(CCCl)CC1)c1cc(Cl)ccc1Br. The van der Waals surface area contributed by atoms with E-state index in [0.29, 0.717) is 23.0 Å². The molecule has 1 aliphatic carbocycles. The molecule has 98 valence electrons. The van der Waals surface area contributed by atoms with E-state index in [0.717, 1.165) is 23.7 Å². The molecule has 0 atom stereocenters. The van der Waals surface area contributed by atoms with Crippen LogP contribution >= 0.6 is 39.1 Å². The van der Waals surface area contributed by atoms with Crippen molar-refractivity contribution in [2.75, 3.05) is 12.4 Å². The summed E-state index contributed by atoms with van der Waals surface area (Å²) in [4.78, 5) is 12.1. The molecular formula is C13H14BrCl2NO. The smallest absolute Gasteiger partial charge is 0.252 e. The first-order valence-electron chi connectivity index (χ1n) is 5.86. The fraction of sp³-hybridized carbons (Fsp3) is 0.462. The summed E-state index contributed by atoms with van der Waals surface area (Å²) in [6, 6.07) is 5.20. The van der Waals surface area contributed by atoms with Crippen LogP contribution in [0.15, 0.2) is 22.7 Å². The Hall–Kier alpha value is -0.250. The van der Waals surface area contributed by atoms with Gasteiger partial charge in [-0.15, -0.1) is 11.6 Å². The highest BCUT2D eigenvalue weighted by Gasteiger charge is 2.41. The van der Waals surface area contributed by atoms with Crippen molar-refractivity contribution in [1.29, 1.82) is 0 Å². The summed E-state index contributed by atoms with van der Waals surface area (Å²) in [5.74, 6) is 0.557. The second-order valence-corrected chi connectivity index (χ2v) is 6.41. The van der Waals surface area contributed by atoms with Gasteiger partial charge in [-0.1, -0.05) is 11.6 Å². The van der Waals surface area contributed by atoms with E-state index in [-0.39, 0.29) is 11.3 Å². The Labute approximate surface area is 125 Å². The van der Waals surface area contributed by atoms with Gasteiger partial charge in [-0.05, 0) is 58.8 Å². The molecule has 2 nitrogen and oxygen atoms in total. The van der Waals surface area contributed by atoms with Gasteiger partial charge in [-0.2, -0.15) is 0 Å². The van der Waals surface area contributed by atoms with E-state index in [1.165, 1.54) is 0 Å². The zero-order chi connectivity index (χ0) is 13.2. The summed E-state index contributed by atoms with van der Waals surface area (Å²) in [5.41, 5.74) is 0.812. The van der Waals surface area contributed by atoms with Gasteiger partial charge in [0.05, 0.1) is 5.56 Å². The highest BCUT2D eigenvalue weighted by molar-refractivity contribution is 9.10. The van der Waals surface area contributed by atoms with E-state index in [9.17, 15) is 4.79 Å². The van der Waals surface area contributed by atoms with E-state index in [1.807, 2.05) is 0 Å². The van der Waals surface area contributed by atoms with Crippen LogP contribution in [0, 0.1) is 5.41 Å². The lowest BCUT2D eigenvalue weighted by Crippen LogP contribution is -2.30. The number of halogens is 3. The highest BCUT2D eigenvalue weighted by atomic mass is 79.9. The van der Waals surface area contributed by atoms with Gasteiger partial charge in [-0.3, -0.25) is 4.79 Å². The fourth-order valence-corrected chi connectivity index (χ4v) is 2.93. The number of hydrogen-bond acceptors (Lipinski definition) is 1. The lowest BCUT2D eigenvalue weighted by Gasteiger charge is -2.15. The van der Waals surface area contributed by atoms with Gasteiger partial charge in [0.2, 0.25) is 0 Å². The van der Waals surface area contributed by atoms with Crippen LogP contribution in [0.2, 0.25) is 5.02 Å². The van der Waals surface area contributed by atoms with Crippen molar-refractivity contribution in [1.82, 2.24) is 5.32 Å². The van der Waals surface area contributed by atoms with Gasteiger partial charge in [0.15, 0.2) is 0 Å². The molecule has 1 N–H and O–H groups in total. The lowest BCUT2D eigenvalue weighted by molar-refractivity contribution is 0.0943. The molecule has 1 amide bonds. The molecule has 0 saturated heterocycles. The average molecular weight is 351 g/mol. The molecule has 0 aromatic heterocycles. The van der Waals surface area contributed by atoms with Crippen LogP contribution in [0.4, 0.5) is 0 Å².